The van der Waals surface area contributed by atoms with E-state index < -0.39 is 0 Å². The van der Waals surface area contributed by atoms with Crippen molar-refractivity contribution in [2.75, 3.05) is 0 Å². The Balaban J connectivity index is 2.03. The molecule has 0 fully saturated rings. The molecule has 1 rings (SSSR count). The second-order valence-corrected chi connectivity index (χ2v) is 14.6. The summed E-state index contributed by atoms with van der Waals surface area (Å²) in [5.41, 5.74) is 8.37. The van der Waals surface area contributed by atoms with Crippen molar-refractivity contribution in [3.05, 3.63) is 35.9 Å². The standard InChI is InChI=1S/C43H81N/c1-3-5-7-9-11-13-15-17-19-21-23-25-27-29-31-36-40-43(44,42-38-34-33-35-39-42)41-37-32-30-28-26-24-22-20-18-16-14-12-10-8-6-4-2/h33-35,38-39H,3-32,36-37,40-41,44H2,1-2H3. The Bertz CT molecular complexity index is 631. The summed E-state index contributed by atoms with van der Waals surface area (Å²) < 4.78 is 0. The van der Waals surface area contributed by atoms with Gasteiger partial charge in [-0.15, -0.1) is 0 Å². The van der Waals surface area contributed by atoms with Crippen LogP contribution in [0.1, 0.15) is 238 Å². The largest absolute Gasteiger partial charge is 0.321 e. The van der Waals surface area contributed by atoms with Gasteiger partial charge in [0, 0.05) is 5.54 Å². The summed E-state index contributed by atoms with van der Waals surface area (Å²) in [5, 5.41) is 0. The third-order valence-corrected chi connectivity index (χ3v) is 10.3. The molecule has 44 heavy (non-hydrogen) atoms. The first-order chi connectivity index (χ1) is 21.7. The van der Waals surface area contributed by atoms with Crippen LogP contribution in [0.3, 0.4) is 0 Å². The summed E-state index contributed by atoms with van der Waals surface area (Å²) in [7, 11) is 0. The third kappa shape index (κ3) is 25.4. The zero-order chi connectivity index (χ0) is 31.7. The first-order valence-electron chi connectivity index (χ1n) is 20.6. The predicted molar refractivity (Wildman–Crippen MR) is 201 cm³/mol. The summed E-state index contributed by atoms with van der Waals surface area (Å²) >= 11 is 0. The molecule has 1 aromatic carbocycles. The fourth-order valence-electron chi connectivity index (χ4n) is 7.16. The smallest absolute Gasteiger partial charge is 0.0409 e. The van der Waals surface area contributed by atoms with Crippen LogP contribution in [0.4, 0.5) is 0 Å². The maximum Gasteiger partial charge on any atom is 0.0409 e. The average Bonchev–Trinajstić information content (AvgIpc) is 3.04. The van der Waals surface area contributed by atoms with E-state index in [9.17, 15) is 0 Å². The topological polar surface area (TPSA) is 26.0 Å². The summed E-state index contributed by atoms with van der Waals surface area (Å²) in [6.45, 7) is 4.61. The van der Waals surface area contributed by atoms with Gasteiger partial charge in [0.05, 0.1) is 0 Å². The molecule has 0 atom stereocenters. The normalized spacial score (nSPS) is 11.9. The molecule has 0 unspecified atom stereocenters. The second-order valence-electron chi connectivity index (χ2n) is 14.6. The SMILES string of the molecule is CCCCCCCCCCCCCCCCCCC(N)(CCCCCCCCCCCCCCCCCC)c1ccccc1. The van der Waals surface area contributed by atoms with Gasteiger partial charge in [0.15, 0.2) is 0 Å². The van der Waals surface area contributed by atoms with E-state index in [0.29, 0.717) is 0 Å². The Morgan fingerprint density at radius 2 is 0.568 bits per heavy atom. The molecule has 1 nitrogen and oxygen atoms in total. The number of hydrogen-bond acceptors (Lipinski definition) is 1. The van der Waals surface area contributed by atoms with E-state index in [1.165, 1.54) is 211 Å². The highest BCUT2D eigenvalue weighted by Gasteiger charge is 2.26. The van der Waals surface area contributed by atoms with Crippen LogP contribution in [0.5, 0.6) is 0 Å². The fourth-order valence-corrected chi connectivity index (χ4v) is 7.16. The van der Waals surface area contributed by atoms with Crippen molar-refractivity contribution in [2.45, 2.75) is 238 Å². The number of unbranched alkanes of at least 4 members (excludes halogenated alkanes) is 30. The Labute approximate surface area is 278 Å². The molecule has 1 heteroatoms. The second kappa shape index (κ2) is 32.1. The van der Waals surface area contributed by atoms with Crippen molar-refractivity contribution in [2.24, 2.45) is 5.73 Å². The molecule has 0 bridgehead atoms. The number of rotatable bonds is 35. The van der Waals surface area contributed by atoms with Crippen LogP contribution < -0.4 is 5.73 Å². The van der Waals surface area contributed by atoms with E-state index in [4.69, 9.17) is 5.73 Å². The number of nitrogens with two attached hydrogens (primary N) is 1. The van der Waals surface area contributed by atoms with Gasteiger partial charge < -0.3 is 5.73 Å². The quantitative estimate of drug-likeness (QED) is 0.0759. The molecular weight excluding hydrogens is 530 g/mol. The first kappa shape index (κ1) is 41.2. The van der Waals surface area contributed by atoms with Crippen LogP contribution in [0.15, 0.2) is 30.3 Å². The molecule has 0 aliphatic heterocycles. The van der Waals surface area contributed by atoms with Crippen molar-refractivity contribution in [3.63, 3.8) is 0 Å². The van der Waals surface area contributed by atoms with Gasteiger partial charge in [0.2, 0.25) is 0 Å². The number of benzene rings is 1. The minimum Gasteiger partial charge on any atom is -0.321 e. The van der Waals surface area contributed by atoms with Crippen LogP contribution in [0, 0.1) is 0 Å². The van der Waals surface area contributed by atoms with Crippen LogP contribution in [-0.4, -0.2) is 0 Å². The minimum absolute atomic E-state index is 0.132. The van der Waals surface area contributed by atoms with Crippen molar-refractivity contribution in [1.29, 1.82) is 0 Å². The van der Waals surface area contributed by atoms with Gasteiger partial charge in [-0.25, -0.2) is 0 Å². The average molecular weight is 612 g/mol. The van der Waals surface area contributed by atoms with Crippen molar-refractivity contribution < 1.29 is 0 Å². The summed E-state index contributed by atoms with van der Waals surface area (Å²) in [6.07, 6.45) is 47.9. The number of hydrogen-bond donors (Lipinski definition) is 1. The maximum absolute atomic E-state index is 7.14. The lowest BCUT2D eigenvalue weighted by molar-refractivity contribution is 0.343. The lowest BCUT2D eigenvalue weighted by Crippen LogP contribution is -2.36. The van der Waals surface area contributed by atoms with E-state index in [1.54, 1.807) is 0 Å². The summed E-state index contributed by atoms with van der Waals surface area (Å²) in [4.78, 5) is 0. The highest BCUT2D eigenvalue weighted by molar-refractivity contribution is 5.23. The molecular formula is C43H81N. The van der Waals surface area contributed by atoms with Gasteiger partial charge >= 0.3 is 0 Å². The van der Waals surface area contributed by atoms with Crippen LogP contribution in [0.2, 0.25) is 0 Å². The van der Waals surface area contributed by atoms with Crippen LogP contribution >= 0.6 is 0 Å². The zero-order valence-electron chi connectivity index (χ0n) is 30.5. The van der Waals surface area contributed by atoms with Crippen molar-refractivity contribution >= 4 is 0 Å². The Morgan fingerprint density at radius 1 is 0.341 bits per heavy atom. The van der Waals surface area contributed by atoms with Crippen LogP contribution in [0.25, 0.3) is 0 Å². The Morgan fingerprint density at radius 3 is 0.818 bits per heavy atom. The molecule has 0 heterocycles. The Hall–Kier alpha value is -0.820. The molecule has 2 N–H and O–H groups in total. The lowest BCUT2D eigenvalue weighted by atomic mass is 9.81. The fraction of sp³-hybridized carbons (Fsp3) is 0.860. The van der Waals surface area contributed by atoms with E-state index in [-0.39, 0.29) is 5.54 Å². The highest BCUT2D eigenvalue weighted by Crippen LogP contribution is 2.31. The molecule has 0 saturated carbocycles. The van der Waals surface area contributed by atoms with Crippen molar-refractivity contribution in [3.8, 4) is 0 Å². The zero-order valence-corrected chi connectivity index (χ0v) is 30.5. The molecule has 0 saturated heterocycles. The molecule has 0 radical (unpaired) electrons. The molecule has 0 spiro atoms. The summed E-state index contributed by atoms with van der Waals surface area (Å²) in [5.74, 6) is 0. The minimum atomic E-state index is -0.132. The van der Waals surface area contributed by atoms with Gasteiger partial charge in [-0.3, -0.25) is 0 Å². The molecule has 0 amide bonds. The predicted octanol–water partition coefficient (Wildman–Crippen LogP) is 15.1. The van der Waals surface area contributed by atoms with Gasteiger partial charge in [0.25, 0.3) is 0 Å². The van der Waals surface area contributed by atoms with E-state index in [0.717, 1.165) is 12.8 Å². The molecule has 258 valence electrons. The lowest BCUT2D eigenvalue weighted by Gasteiger charge is -2.30. The van der Waals surface area contributed by atoms with Crippen molar-refractivity contribution in [1.82, 2.24) is 0 Å². The van der Waals surface area contributed by atoms with Gasteiger partial charge in [-0.1, -0.05) is 250 Å². The Kier molecular flexibility index (Phi) is 30.1. The first-order valence-corrected chi connectivity index (χ1v) is 20.6. The molecule has 0 aliphatic carbocycles. The highest BCUT2D eigenvalue weighted by atomic mass is 14.7. The van der Waals surface area contributed by atoms with Gasteiger partial charge in [-0.05, 0) is 18.4 Å². The van der Waals surface area contributed by atoms with E-state index >= 15 is 0 Å². The molecule has 1 aromatic rings. The third-order valence-electron chi connectivity index (χ3n) is 10.3. The van der Waals surface area contributed by atoms with E-state index in [2.05, 4.69) is 44.2 Å². The maximum atomic E-state index is 7.14. The monoisotopic (exact) mass is 612 g/mol. The summed E-state index contributed by atoms with van der Waals surface area (Å²) in [6, 6.07) is 11.0. The van der Waals surface area contributed by atoms with Gasteiger partial charge in [-0.2, -0.15) is 0 Å². The van der Waals surface area contributed by atoms with Crippen LogP contribution in [-0.2, 0) is 5.54 Å². The van der Waals surface area contributed by atoms with Gasteiger partial charge in [0.1, 0.15) is 0 Å². The van der Waals surface area contributed by atoms with E-state index in [1.807, 2.05) is 0 Å². The molecule has 0 aliphatic rings. The molecule has 0 aromatic heterocycles.